The van der Waals surface area contributed by atoms with Crippen molar-refractivity contribution in [2.75, 3.05) is 0 Å². The number of nitriles is 1. The lowest BCUT2D eigenvalue weighted by atomic mass is 9.99. The summed E-state index contributed by atoms with van der Waals surface area (Å²) in [5.74, 6) is 4.73. The first-order chi connectivity index (χ1) is 27.3. The van der Waals surface area contributed by atoms with E-state index in [-0.39, 0.29) is 0 Å². The van der Waals surface area contributed by atoms with Gasteiger partial charge in [-0.3, -0.25) is 4.57 Å². The van der Waals surface area contributed by atoms with Crippen LogP contribution in [0, 0.1) is 39.0 Å². The molecule has 0 amide bonds. The van der Waals surface area contributed by atoms with Gasteiger partial charge in [-0.05, 0) is 88.4 Å². The van der Waals surface area contributed by atoms with Crippen molar-refractivity contribution in [3.05, 3.63) is 150 Å². The molecule has 0 bridgehead atoms. The molecule has 0 unspecified atom stereocenters. The fourth-order valence-corrected chi connectivity index (χ4v) is 7.99. The molecule has 10 rings (SSSR count). The molecule has 56 heavy (non-hydrogen) atoms. The second kappa shape index (κ2) is 12.7. The van der Waals surface area contributed by atoms with Gasteiger partial charge in [0.15, 0.2) is 11.6 Å². The second-order valence-electron chi connectivity index (χ2n) is 13.9. The Morgan fingerprint density at radius 2 is 0.946 bits per heavy atom. The Labute approximate surface area is 321 Å². The van der Waals surface area contributed by atoms with E-state index in [0.29, 0.717) is 40.5 Å². The molecule has 0 N–H and O–H groups in total. The Morgan fingerprint density at radius 3 is 1.52 bits per heavy atom. The van der Waals surface area contributed by atoms with Crippen molar-refractivity contribution in [3.63, 3.8) is 0 Å². The van der Waals surface area contributed by atoms with Crippen molar-refractivity contribution in [2.24, 2.45) is 0 Å². The number of para-hydroxylation sites is 2. The smallest absolute Gasteiger partial charge is 0.163 e. The zero-order chi connectivity index (χ0) is 38.1. The van der Waals surface area contributed by atoms with E-state index in [1.165, 1.54) is 0 Å². The highest BCUT2D eigenvalue weighted by Crippen LogP contribution is 2.40. The van der Waals surface area contributed by atoms with E-state index in [0.717, 1.165) is 77.4 Å². The predicted octanol–water partition coefficient (Wildman–Crippen LogP) is 9.75. The summed E-state index contributed by atoms with van der Waals surface area (Å²) in [6, 6.07) is 41.7. The molecule has 0 radical (unpaired) electrons. The maximum atomic E-state index is 10.4. The van der Waals surface area contributed by atoms with Crippen LogP contribution in [0.15, 0.2) is 121 Å². The van der Waals surface area contributed by atoms with Crippen LogP contribution in [-0.4, -0.2) is 44.0 Å². The molecule has 10 heteroatoms. The Hall–Kier alpha value is -7.64. The number of pyridine rings is 1. The quantitative estimate of drug-likeness (QED) is 0.172. The first kappa shape index (κ1) is 33.0. The zero-order valence-corrected chi connectivity index (χ0v) is 31.0. The van der Waals surface area contributed by atoms with Crippen molar-refractivity contribution in [1.29, 1.82) is 5.26 Å². The predicted molar refractivity (Wildman–Crippen MR) is 220 cm³/mol. The van der Waals surface area contributed by atoms with Crippen LogP contribution in [0.3, 0.4) is 0 Å². The lowest BCUT2D eigenvalue weighted by Crippen LogP contribution is -2.04. The number of aromatic nitrogens is 9. The van der Waals surface area contributed by atoms with Crippen LogP contribution < -0.4 is 0 Å². The first-order valence-corrected chi connectivity index (χ1v) is 18.3. The van der Waals surface area contributed by atoms with E-state index >= 15 is 0 Å². The second-order valence-corrected chi connectivity index (χ2v) is 13.9. The number of hydrogen-bond acceptors (Lipinski definition) is 8. The Balaban J connectivity index is 1.23. The summed E-state index contributed by atoms with van der Waals surface area (Å²) < 4.78 is 4.44. The van der Waals surface area contributed by atoms with Crippen LogP contribution in [0.5, 0.6) is 0 Å². The number of aryl methyl sites for hydroxylation is 4. The molecule has 0 spiro atoms. The topological polar surface area (TPSA) is 124 Å². The molecule has 0 fully saturated rings. The number of fused-ring (bicyclic) bond motifs is 6. The SMILES string of the molecule is Cc1nc(C)nc(-c2ccc3c(c2)c2ccccc2n3-c2cc(-c3ccccc3C#N)c(-n3c4ccccc4c4cc(-c5nc(C)nc(C)n5)ccc43)cn2)n1. The molecule has 0 saturated heterocycles. The molecule has 5 heterocycles. The summed E-state index contributed by atoms with van der Waals surface area (Å²) in [5, 5.41) is 14.7. The Morgan fingerprint density at radius 1 is 0.464 bits per heavy atom. The van der Waals surface area contributed by atoms with E-state index in [4.69, 9.17) is 4.98 Å². The molecule has 5 aromatic heterocycles. The molecule has 10 nitrogen and oxygen atoms in total. The third-order valence-electron chi connectivity index (χ3n) is 10.3. The van der Waals surface area contributed by atoms with Crippen molar-refractivity contribution < 1.29 is 0 Å². The van der Waals surface area contributed by atoms with Gasteiger partial charge in [-0.25, -0.2) is 34.9 Å². The van der Waals surface area contributed by atoms with Gasteiger partial charge in [0.1, 0.15) is 29.1 Å². The molecule has 0 atom stereocenters. The van der Waals surface area contributed by atoms with E-state index < -0.39 is 0 Å². The highest BCUT2D eigenvalue weighted by Gasteiger charge is 2.22. The molecule has 0 aliphatic rings. The van der Waals surface area contributed by atoms with Crippen molar-refractivity contribution in [2.45, 2.75) is 27.7 Å². The van der Waals surface area contributed by atoms with Crippen LogP contribution >= 0.6 is 0 Å². The summed E-state index contributed by atoms with van der Waals surface area (Å²) in [6.45, 7) is 7.54. The largest absolute Gasteiger partial charge is 0.307 e. The minimum Gasteiger partial charge on any atom is -0.307 e. The summed E-state index contributed by atoms with van der Waals surface area (Å²) in [5.41, 5.74) is 8.95. The molecule has 266 valence electrons. The van der Waals surface area contributed by atoms with Crippen LogP contribution in [0.2, 0.25) is 0 Å². The van der Waals surface area contributed by atoms with Crippen molar-refractivity contribution in [3.8, 4) is 51.5 Å². The standard InChI is InChI=1S/C46H32N10/c1-26-49-27(2)52-45(51-26)30-17-19-41-36(21-30)34-13-7-9-15-39(34)55(41)43-25-48-44(23-38(43)33-12-6-5-11-32(33)24-47)56-40-16-10-8-14-35(40)37-22-31(18-20-42(37)56)46-53-28(3)50-29(4)54-46/h5-23,25H,1-4H3. The lowest BCUT2D eigenvalue weighted by Gasteiger charge is -2.17. The molecule has 0 aliphatic heterocycles. The molecular weight excluding hydrogens is 693 g/mol. The molecule has 10 aromatic rings. The van der Waals surface area contributed by atoms with Gasteiger partial charge in [0.05, 0.1) is 45.6 Å². The number of nitrogens with zero attached hydrogens (tertiary/aromatic N) is 10. The molecule has 0 saturated carbocycles. The van der Waals surface area contributed by atoms with Crippen LogP contribution in [0.1, 0.15) is 28.9 Å². The molecule has 0 aliphatic carbocycles. The summed E-state index contributed by atoms with van der Waals surface area (Å²) in [7, 11) is 0. The van der Waals surface area contributed by atoms with Gasteiger partial charge in [0, 0.05) is 43.8 Å². The highest BCUT2D eigenvalue weighted by atomic mass is 15.1. The molecular formula is C46H32N10. The van der Waals surface area contributed by atoms with Crippen LogP contribution in [-0.2, 0) is 0 Å². The monoisotopic (exact) mass is 724 g/mol. The number of hydrogen-bond donors (Lipinski definition) is 0. The number of rotatable bonds is 5. The minimum absolute atomic E-state index is 0.573. The normalized spacial score (nSPS) is 11.6. The van der Waals surface area contributed by atoms with Crippen LogP contribution in [0.4, 0.5) is 0 Å². The van der Waals surface area contributed by atoms with Crippen molar-refractivity contribution >= 4 is 43.6 Å². The maximum absolute atomic E-state index is 10.4. The third-order valence-corrected chi connectivity index (χ3v) is 10.3. The highest BCUT2D eigenvalue weighted by molar-refractivity contribution is 6.12. The average molecular weight is 725 g/mol. The van der Waals surface area contributed by atoms with E-state index in [1.54, 1.807) is 0 Å². The van der Waals surface area contributed by atoms with Gasteiger partial charge in [-0.2, -0.15) is 5.26 Å². The lowest BCUT2D eigenvalue weighted by molar-refractivity contribution is 0.928. The number of benzene rings is 5. The molecule has 5 aromatic carbocycles. The minimum atomic E-state index is 0.573. The van der Waals surface area contributed by atoms with Crippen molar-refractivity contribution in [1.82, 2.24) is 44.0 Å². The van der Waals surface area contributed by atoms with E-state index in [2.05, 4.69) is 124 Å². The Bertz CT molecular complexity index is 3240. The van der Waals surface area contributed by atoms with Gasteiger partial charge in [0.25, 0.3) is 0 Å². The summed E-state index contributed by atoms with van der Waals surface area (Å²) in [6.07, 6.45) is 1.93. The first-order valence-electron chi connectivity index (χ1n) is 18.3. The maximum Gasteiger partial charge on any atom is 0.163 e. The third kappa shape index (κ3) is 5.28. The fourth-order valence-electron chi connectivity index (χ4n) is 7.99. The van der Waals surface area contributed by atoms with E-state index in [1.807, 2.05) is 70.3 Å². The van der Waals surface area contributed by atoms with Gasteiger partial charge >= 0.3 is 0 Å². The van der Waals surface area contributed by atoms with Gasteiger partial charge in [-0.1, -0.05) is 54.6 Å². The van der Waals surface area contributed by atoms with Gasteiger partial charge in [0.2, 0.25) is 0 Å². The van der Waals surface area contributed by atoms with Gasteiger partial charge in [-0.15, -0.1) is 0 Å². The zero-order valence-electron chi connectivity index (χ0n) is 31.0. The average Bonchev–Trinajstić information content (AvgIpc) is 3.72. The summed E-state index contributed by atoms with van der Waals surface area (Å²) >= 11 is 0. The Kier molecular flexibility index (Phi) is 7.50. The van der Waals surface area contributed by atoms with E-state index in [9.17, 15) is 5.26 Å². The van der Waals surface area contributed by atoms with Crippen LogP contribution in [0.25, 0.3) is 89.0 Å². The van der Waals surface area contributed by atoms with Gasteiger partial charge < -0.3 is 4.57 Å². The summed E-state index contributed by atoms with van der Waals surface area (Å²) in [4.78, 5) is 32.6. The fraction of sp³-hybridized carbons (Fsp3) is 0.0870.